The van der Waals surface area contributed by atoms with Gasteiger partial charge in [0.1, 0.15) is 11.4 Å². The Morgan fingerprint density at radius 3 is 2.48 bits per heavy atom. The summed E-state index contributed by atoms with van der Waals surface area (Å²) in [6.07, 6.45) is -0.175. The highest BCUT2D eigenvalue weighted by atomic mass is 35.5. The minimum atomic E-state index is -0.697. The van der Waals surface area contributed by atoms with Gasteiger partial charge in [-0.3, -0.25) is 4.90 Å². The fourth-order valence-corrected chi connectivity index (χ4v) is 3.70. The standard InChI is InChI=1S/C22H29Cl2NO6/c1-7-29-20(26)13(2)14-10-16(25(11-14)21(27)31-22(3,4)5)18-17(30-12-28-6)9-8-15(23)19(18)24/h8-9,16H,7,10-12H2,1-6H3/b14-13-/t16-/m1/s1. The van der Waals surface area contributed by atoms with Gasteiger partial charge in [0.25, 0.3) is 0 Å². The molecule has 1 fully saturated rings. The number of halogens is 2. The largest absolute Gasteiger partial charge is 0.467 e. The monoisotopic (exact) mass is 473 g/mol. The predicted octanol–water partition coefficient (Wildman–Crippen LogP) is 5.54. The molecule has 0 aliphatic carbocycles. The fourth-order valence-electron chi connectivity index (χ4n) is 3.26. The molecular weight excluding hydrogens is 445 g/mol. The smallest absolute Gasteiger partial charge is 0.411 e. The van der Waals surface area contributed by atoms with Gasteiger partial charge in [0, 0.05) is 24.8 Å². The van der Waals surface area contributed by atoms with Crippen molar-refractivity contribution in [1.29, 1.82) is 0 Å². The van der Waals surface area contributed by atoms with Gasteiger partial charge in [0.2, 0.25) is 0 Å². The lowest BCUT2D eigenvalue weighted by molar-refractivity contribution is -0.138. The molecule has 1 aliphatic heterocycles. The lowest BCUT2D eigenvalue weighted by Crippen LogP contribution is -2.36. The van der Waals surface area contributed by atoms with Crippen LogP contribution >= 0.6 is 23.2 Å². The number of hydrogen-bond acceptors (Lipinski definition) is 6. The number of carbonyl (C=O) groups excluding carboxylic acids is 2. The number of nitrogens with zero attached hydrogens (tertiary/aromatic N) is 1. The molecule has 1 aliphatic rings. The van der Waals surface area contributed by atoms with Crippen molar-refractivity contribution in [1.82, 2.24) is 4.90 Å². The van der Waals surface area contributed by atoms with Crippen LogP contribution in [-0.4, -0.2) is 49.6 Å². The van der Waals surface area contributed by atoms with Crippen molar-refractivity contribution >= 4 is 35.3 Å². The second kappa shape index (κ2) is 10.6. The topological polar surface area (TPSA) is 74.3 Å². The van der Waals surface area contributed by atoms with E-state index in [4.69, 9.17) is 42.1 Å². The number of carbonyl (C=O) groups is 2. The van der Waals surface area contributed by atoms with E-state index in [1.165, 1.54) is 12.0 Å². The average Bonchev–Trinajstić information content (AvgIpc) is 3.12. The molecule has 0 bridgehead atoms. The van der Waals surface area contributed by atoms with E-state index in [1.807, 2.05) is 0 Å². The quantitative estimate of drug-likeness (QED) is 0.306. The summed E-state index contributed by atoms with van der Waals surface area (Å²) in [7, 11) is 1.50. The molecule has 1 atom stereocenters. The fraction of sp³-hybridized carbons (Fsp3) is 0.545. The van der Waals surface area contributed by atoms with E-state index in [0.29, 0.717) is 28.3 Å². The Hall–Kier alpha value is -1.96. The molecule has 2 rings (SSSR count). The summed E-state index contributed by atoms with van der Waals surface area (Å²) in [5, 5.41) is 0.592. The van der Waals surface area contributed by atoms with E-state index in [9.17, 15) is 9.59 Å². The number of esters is 1. The molecule has 1 aromatic rings. The van der Waals surface area contributed by atoms with E-state index in [2.05, 4.69) is 0 Å². The van der Waals surface area contributed by atoms with Crippen LogP contribution in [0.25, 0.3) is 0 Å². The zero-order valence-electron chi connectivity index (χ0n) is 18.7. The van der Waals surface area contributed by atoms with Crippen molar-refractivity contribution in [2.45, 2.75) is 52.7 Å². The summed E-state index contributed by atoms with van der Waals surface area (Å²) in [6, 6.07) is 2.74. The molecule has 1 aromatic carbocycles. The third kappa shape index (κ3) is 6.28. The van der Waals surface area contributed by atoms with Crippen LogP contribution in [0, 0.1) is 0 Å². The van der Waals surface area contributed by atoms with Crippen LogP contribution in [0.15, 0.2) is 23.3 Å². The number of rotatable bonds is 6. The Bertz CT molecular complexity index is 862. The van der Waals surface area contributed by atoms with Gasteiger partial charge in [-0.1, -0.05) is 23.2 Å². The predicted molar refractivity (Wildman–Crippen MR) is 119 cm³/mol. The SMILES string of the molecule is CCOC(=O)/C(C)=C1/C[C@H](c2c(OCOC)ccc(Cl)c2Cl)N(C(=O)OC(C)(C)C)C1. The van der Waals surface area contributed by atoms with Crippen LogP contribution in [0.5, 0.6) is 5.75 Å². The molecule has 1 heterocycles. The third-order valence-corrected chi connectivity index (χ3v) is 5.49. The second-order valence-corrected chi connectivity index (χ2v) is 8.89. The van der Waals surface area contributed by atoms with E-state index >= 15 is 0 Å². The van der Waals surface area contributed by atoms with Crippen LogP contribution in [0.4, 0.5) is 4.79 Å². The van der Waals surface area contributed by atoms with Crippen LogP contribution in [-0.2, 0) is 19.0 Å². The zero-order chi connectivity index (χ0) is 23.3. The highest BCUT2D eigenvalue weighted by Crippen LogP contribution is 2.46. The van der Waals surface area contributed by atoms with Gasteiger partial charge in [-0.15, -0.1) is 0 Å². The maximum atomic E-state index is 13.1. The van der Waals surface area contributed by atoms with E-state index < -0.39 is 23.7 Å². The highest BCUT2D eigenvalue weighted by Gasteiger charge is 2.40. The molecule has 9 heteroatoms. The van der Waals surface area contributed by atoms with Gasteiger partial charge in [0.15, 0.2) is 6.79 Å². The summed E-state index contributed by atoms with van der Waals surface area (Å²) in [4.78, 5) is 26.9. The highest BCUT2D eigenvalue weighted by molar-refractivity contribution is 6.42. The van der Waals surface area contributed by atoms with Gasteiger partial charge in [-0.2, -0.15) is 0 Å². The first-order valence-electron chi connectivity index (χ1n) is 9.95. The molecule has 1 saturated heterocycles. The first-order chi connectivity index (χ1) is 14.5. The summed E-state index contributed by atoms with van der Waals surface area (Å²) >= 11 is 12.8. The van der Waals surface area contributed by atoms with Crippen molar-refractivity contribution in [2.24, 2.45) is 0 Å². The van der Waals surface area contributed by atoms with Gasteiger partial charge in [-0.05, 0) is 58.7 Å². The number of ether oxygens (including phenoxy) is 4. The molecule has 31 heavy (non-hydrogen) atoms. The minimum Gasteiger partial charge on any atom is -0.467 e. The van der Waals surface area contributed by atoms with Crippen LogP contribution in [0.2, 0.25) is 10.0 Å². The Morgan fingerprint density at radius 1 is 1.23 bits per heavy atom. The third-order valence-electron chi connectivity index (χ3n) is 4.68. The number of likely N-dealkylation sites (tertiary alicyclic amines) is 1. The Kier molecular flexibility index (Phi) is 8.63. The van der Waals surface area contributed by atoms with Crippen molar-refractivity contribution < 1.29 is 28.5 Å². The van der Waals surface area contributed by atoms with Crippen LogP contribution in [0.1, 0.15) is 52.6 Å². The minimum absolute atomic E-state index is 0.00529. The van der Waals surface area contributed by atoms with Crippen molar-refractivity contribution in [3.05, 3.63) is 38.9 Å². The summed E-state index contributed by atoms with van der Waals surface area (Å²) in [5.74, 6) is 0.0141. The Morgan fingerprint density at radius 2 is 1.90 bits per heavy atom. The summed E-state index contributed by atoms with van der Waals surface area (Å²) < 4.78 is 21.5. The molecular formula is C22H29Cl2NO6. The maximum absolute atomic E-state index is 13.1. The first kappa shape index (κ1) is 25.3. The molecule has 7 nitrogen and oxygen atoms in total. The molecule has 172 valence electrons. The van der Waals surface area contributed by atoms with E-state index in [0.717, 1.165) is 5.57 Å². The first-order valence-corrected chi connectivity index (χ1v) is 10.7. The molecule has 0 radical (unpaired) electrons. The average molecular weight is 474 g/mol. The van der Waals surface area contributed by atoms with E-state index in [1.54, 1.807) is 46.8 Å². The molecule has 0 spiro atoms. The normalized spacial score (nSPS) is 18.1. The molecule has 0 saturated carbocycles. The molecule has 0 N–H and O–H groups in total. The van der Waals surface area contributed by atoms with Gasteiger partial charge < -0.3 is 18.9 Å². The van der Waals surface area contributed by atoms with Crippen LogP contribution < -0.4 is 4.74 Å². The number of methoxy groups -OCH3 is 1. The lowest BCUT2D eigenvalue weighted by atomic mass is 9.99. The van der Waals surface area contributed by atoms with Crippen molar-refractivity contribution in [3.63, 3.8) is 0 Å². The lowest BCUT2D eigenvalue weighted by Gasteiger charge is -2.30. The molecule has 1 amide bonds. The maximum Gasteiger partial charge on any atom is 0.411 e. The second-order valence-electron chi connectivity index (χ2n) is 8.10. The Balaban J connectivity index is 2.56. The number of amides is 1. The molecule has 0 aromatic heterocycles. The van der Waals surface area contributed by atoms with Gasteiger partial charge in [-0.25, -0.2) is 9.59 Å². The van der Waals surface area contributed by atoms with Crippen LogP contribution in [0.3, 0.4) is 0 Å². The van der Waals surface area contributed by atoms with Gasteiger partial charge in [0.05, 0.1) is 22.7 Å². The van der Waals surface area contributed by atoms with E-state index in [-0.39, 0.29) is 25.0 Å². The van der Waals surface area contributed by atoms with Gasteiger partial charge >= 0.3 is 12.1 Å². The zero-order valence-corrected chi connectivity index (χ0v) is 20.2. The number of benzene rings is 1. The van der Waals surface area contributed by atoms with Crippen molar-refractivity contribution in [3.8, 4) is 5.75 Å². The molecule has 0 unspecified atom stereocenters. The summed E-state index contributed by atoms with van der Waals surface area (Å²) in [6.45, 7) is 9.24. The van der Waals surface area contributed by atoms with Crippen molar-refractivity contribution in [2.75, 3.05) is 27.1 Å². The Labute approximate surface area is 193 Å². The summed E-state index contributed by atoms with van der Waals surface area (Å²) in [5.41, 5.74) is 1.04. The number of hydrogen-bond donors (Lipinski definition) is 0.